The molecule has 14 heteroatoms. The fourth-order valence-electron chi connectivity index (χ4n) is 3.86. The van der Waals surface area contributed by atoms with E-state index in [0.717, 1.165) is 5.06 Å². The molecule has 1 atom stereocenters. The van der Waals surface area contributed by atoms with Crippen LogP contribution in [0.5, 0.6) is 0 Å². The number of carbonyl (C=O) groups is 3. The lowest BCUT2D eigenvalue weighted by Crippen LogP contribution is -2.43. The van der Waals surface area contributed by atoms with Gasteiger partial charge in [-0.05, 0) is 59.6 Å². The third kappa shape index (κ3) is 6.26. The largest absolute Gasteiger partial charge is 0.380 e. The van der Waals surface area contributed by atoms with Crippen molar-refractivity contribution in [3.63, 3.8) is 0 Å². The minimum Gasteiger partial charge on any atom is -0.380 e. The molecule has 1 unspecified atom stereocenters. The van der Waals surface area contributed by atoms with Crippen LogP contribution in [0.25, 0.3) is 5.82 Å². The number of carbonyl (C=O) groups excluding carboxylic acids is 3. The van der Waals surface area contributed by atoms with Crippen LogP contribution in [0.2, 0.25) is 5.02 Å². The molecule has 1 fully saturated rings. The Hall–Kier alpha value is -3.83. The Bertz CT molecular complexity index is 1470. The van der Waals surface area contributed by atoms with E-state index in [2.05, 4.69) is 36.6 Å². The summed E-state index contributed by atoms with van der Waals surface area (Å²) in [6.45, 7) is 4.43. The lowest BCUT2D eigenvalue weighted by molar-refractivity contribution is -0.164. The maximum atomic E-state index is 13.4. The third-order valence-electron chi connectivity index (χ3n) is 5.69. The predicted octanol–water partition coefficient (Wildman–Crippen LogP) is 3.02. The van der Waals surface area contributed by atoms with Gasteiger partial charge in [-0.2, -0.15) is 10.4 Å². The molecule has 39 heavy (non-hydrogen) atoms. The number of aryl methyl sites for hydroxylation is 1. The van der Waals surface area contributed by atoms with E-state index in [-0.39, 0.29) is 46.5 Å². The Morgan fingerprint density at radius 2 is 2.13 bits per heavy atom. The van der Waals surface area contributed by atoms with Crippen molar-refractivity contribution in [2.45, 2.75) is 19.9 Å². The molecule has 2 aromatic heterocycles. The Morgan fingerprint density at radius 3 is 2.85 bits per heavy atom. The first-order chi connectivity index (χ1) is 18.7. The minimum atomic E-state index is -0.947. The first-order valence-corrected chi connectivity index (χ1v) is 13.0. The molecule has 3 heterocycles. The molecule has 1 aliphatic rings. The number of halogens is 2. The summed E-state index contributed by atoms with van der Waals surface area (Å²) >= 11 is 9.54. The molecular weight excluding hydrogens is 594 g/mol. The van der Waals surface area contributed by atoms with Gasteiger partial charge in [-0.25, -0.2) is 14.7 Å². The number of nitrogens with one attached hydrogen (secondary N) is 2. The van der Waals surface area contributed by atoms with Crippen molar-refractivity contribution < 1.29 is 24.0 Å². The van der Waals surface area contributed by atoms with Gasteiger partial charge in [0.15, 0.2) is 5.82 Å². The van der Waals surface area contributed by atoms with Gasteiger partial charge in [0.25, 0.3) is 17.7 Å². The summed E-state index contributed by atoms with van der Waals surface area (Å²) < 4.78 is 6.88. The SMILES string of the molecule is CCOCCN1OCC(NC(=O)c2cc(C#N)cc(C)c2NC(=O)c2cc(Br)nn2-c2ncccc2Cl)C1=O. The van der Waals surface area contributed by atoms with Crippen LogP contribution >= 0.6 is 27.5 Å². The zero-order valence-corrected chi connectivity index (χ0v) is 23.2. The highest BCUT2D eigenvalue weighted by molar-refractivity contribution is 9.10. The van der Waals surface area contributed by atoms with Crippen molar-refractivity contribution in [2.24, 2.45) is 0 Å². The van der Waals surface area contributed by atoms with Crippen molar-refractivity contribution in [3.05, 3.63) is 68.5 Å². The van der Waals surface area contributed by atoms with Crippen LogP contribution in [0.3, 0.4) is 0 Å². The molecule has 12 nitrogen and oxygen atoms in total. The van der Waals surface area contributed by atoms with Gasteiger partial charge in [-0.1, -0.05) is 11.6 Å². The summed E-state index contributed by atoms with van der Waals surface area (Å²) in [7, 11) is 0. The van der Waals surface area contributed by atoms with Crippen LogP contribution in [-0.4, -0.2) is 70.0 Å². The van der Waals surface area contributed by atoms with E-state index in [1.807, 2.05) is 13.0 Å². The Balaban J connectivity index is 1.60. The van der Waals surface area contributed by atoms with Gasteiger partial charge in [-0.3, -0.25) is 19.2 Å². The van der Waals surface area contributed by atoms with E-state index in [9.17, 15) is 19.6 Å². The fraction of sp³-hybridized carbons (Fsp3) is 0.280. The number of benzene rings is 1. The second-order valence-corrected chi connectivity index (χ2v) is 9.53. The van der Waals surface area contributed by atoms with Crippen LogP contribution in [-0.2, 0) is 14.4 Å². The number of rotatable bonds is 9. The molecule has 0 radical (unpaired) electrons. The zero-order chi connectivity index (χ0) is 28.1. The van der Waals surface area contributed by atoms with Gasteiger partial charge >= 0.3 is 0 Å². The molecular formula is C25H23BrClN7O5. The number of nitriles is 1. The van der Waals surface area contributed by atoms with E-state index < -0.39 is 23.8 Å². The summed E-state index contributed by atoms with van der Waals surface area (Å²) in [6.07, 6.45) is 1.51. The first kappa shape index (κ1) is 28.2. The summed E-state index contributed by atoms with van der Waals surface area (Å²) in [5.41, 5.74) is 0.910. The topological polar surface area (TPSA) is 151 Å². The highest BCUT2D eigenvalue weighted by Crippen LogP contribution is 2.26. The molecule has 3 aromatic rings. The van der Waals surface area contributed by atoms with Gasteiger partial charge in [0.05, 0.1) is 41.1 Å². The number of amides is 3. The van der Waals surface area contributed by atoms with E-state index in [1.54, 1.807) is 19.1 Å². The molecule has 202 valence electrons. The van der Waals surface area contributed by atoms with E-state index in [1.165, 1.54) is 29.1 Å². The molecule has 0 saturated carbocycles. The zero-order valence-electron chi connectivity index (χ0n) is 20.9. The second-order valence-electron chi connectivity index (χ2n) is 8.31. The van der Waals surface area contributed by atoms with Crippen molar-refractivity contribution in [3.8, 4) is 11.9 Å². The van der Waals surface area contributed by atoms with Crippen LogP contribution in [0, 0.1) is 18.3 Å². The van der Waals surface area contributed by atoms with Crippen LogP contribution in [0.15, 0.2) is 41.1 Å². The number of ether oxygens (including phenoxy) is 1. The molecule has 1 aromatic carbocycles. The molecule has 3 amide bonds. The van der Waals surface area contributed by atoms with Gasteiger partial charge in [-0.15, -0.1) is 0 Å². The molecule has 1 saturated heterocycles. The fourth-order valence-corrected chi connectivity index (χ4v) is 4.44. The van der Waals surface area contributed by atoms with Gasteiger partial charge in [0, 0.05) is 18.9 Å². The number of nitrogens with zero attached hydrogens (tertiary/aromatic N) is 5. The number of anilines is 1. The monoisotopic (exact) mass is 615 g/mol. The smallest absolute Gasteiger partial charge is 0.274 e. The Kier molecular flexibility index (Phi) is 8.93. The first-order valence-electron chi connectivity index (χ1n) is 11.8. The number of hydroxylamine groups is 2. The normalized spacial score (nSPS) is 14.8. The number of hydrogen-bond acceptors (Lipinski definition) is 8. The summed E-state index contributed by atoms with van der Waals surface area (Å²) in [6, 6.07) is 8.67. The molecule has 0 spiro atoms. The predicted molar refractivity (Wildman–Crippen MR) is 143 cm³/mol. The molecule has 4 rings (SSSR count). The van der Waals surface area contributed by atoms with Crippen molar-refractivity contribution in [2.75, 3.05) is 31.7 Å². The Morgan fingerprint density at radius 1 is 1.33 bits per heavy atom. The van der Waals surface area contributed by atoms with E-state index in [0.29, 0.717) is 23.4 Å². The van der Waals surface area contributed by atoms with Crippen LogP contribution in [0.4, 0.5) is 5.69 Å². The maximum Gasteiger partial charge on any atom is 0.274 e. The third-order valence-corrected chi connectivity index (χ3v) is 6.37. The molecule has 0 aliphatic carbocycles. The summed E-state index contributed by atoms with van der Waals surface area (Å²) in [5, 5.41) is 20.5. The van der Waals surface area contributed by atoms with Crippen molar-refractivity contribution in [1.29, 1.82) is 5.26 Å². The van der Waals surface area contributed by atoms with Crippen LogP contribution < -0.4 is 10.6 Å². The van der Waals surface area contributed by atoms with Gasteiger partial charge in [0.2, 0.25) is 0 Å². The van der Waals surface area contributed by atoms with Gasteiger partial charge < -0.3 is 15.4 Å². The number of aromatic nitrogens is 3. The number of pyridine rings is 1. The quantitative estimate of drug-likeness (QED) is 0.348. The second kappa shape index (κ2) is 12.4. The standard InChI is InChI=1S/C25H23BrClN7O5/c1-3-38-8-7-33-25(37)18(13-39-33)30-23(35)16-10-15(12-28)9-14(2)21(16)31-24(36)19-11-20(26)32-34(19)22-17(27)5-4-6-29-22/h4-6,9-11,18H,3,7-8,13H2,1-2H3,(H,30,35)(H,31,36). The molecule has 0 bridgehead atoms. The average Bonchev–Trinajstić information content (AvgIpc) is 3.47. The average molecular weight is 617 g/mol. The lowest BCUT2D eigenvalue weighted by Gasteiger charge is -2.17. The highest BCUT2D eigenvalue weighted by atomic mass is 79.9. The molecule has 2 N–H and O–H groups in total. The van der Waals surface area contributed by atoms with Gasteiger partial charge in [0.1, 0.15) is 22.9 Å². The van der Waals surface area contributed by atoms with Crippen molar-refractivity contribution >= 4 is 50.9 Å². The minimum absolute atomic E-state index is 0.00136. The lowest BCUT2D eigenvalue weighted by atomic mass is 10.0. The maximum absolute atomic E-state index is 13.4. The van der Waals surface area contributed by atoms with E-state index >= 15 is 0 Å². The number of hydrogen-bond donors (Lipinski definition) is 2. The van der Waals surface area contributed by atoms with Crippen LogP contribution in [0.1, 0.15) is 38.9 Å². The molecule has 1 aliphatic heterocycles. The Labute approximate surface area is 236 Å². The van der Waals surface area contributed by atoms with E-state index in [4.69, 9.17) is 21.2 Å². The van der Waals surface area contributed by atoms with Crippen molar-refractivity contribution in [1.82, 2.24) is 25.1 Å². The summed E-state index contributed by atoms with van der Waals surface area (Å²) in [4.78, 5) is 49.0. The highest BCUT2D eigenvalue weighted by Gasteiger charge is 2.35. The summed E-state index contributed by atoms with van der Waals surface area (Å²) in [5.74, 6) is -1.47.